The number of esters is 1. The van der Waals surface area contributed by atoms with Crippen molar-refractivity contribution in [1.82, 2.24) is 9.97 Å². The minimum atomic E-state index is -0.669. The molecule has 1 aromatic heterocycles. The Kier molecular flexibility index (Phi) is 7.94. The lowest BCUT2D eigenvalue weighted by Gasteiger charge is -2.37. The van der Waals surface area contributed by atoms with Gasteiger partial charge in [-0.05, 0) is 18.4 Å². The van der Waals surface area contributed by atoms with E-state index in [0.717, 1.165) is 0 Å². The summed E-state index contributed by atoms with van der Waals surface area (Å²) >= 11 is 0. The lowest BCUT2D eigenvalue weighted by atomic mass is 9.81. The molecule has 0 aliphatic carbocycles. The standard InChI is InChI=1S/C27H34N6O6/c1-17(2)16-39-26(34)21-18(3)28-24-23(22(21)19-5-4-6-20(15-19)33(35)36)25(31-7-11-37-12-8-31)30-27(29-24)32-9-13-38-14-10-32/h4-6,15,17,22H,7-14,16H2,1-3H3,(H,28,29,30). The van der Waals surface area contributed by atoms with Crippen molar-refractivity contribution in [2.45, 2.75) is 26.7 Å². The predicted octanol–water partition coefficient (Wildman–Crippen LogP) is 3.09. The van der Waals surface area contributed by atoms with E-state index >= 15 is 0 Å². The number of nitro benzene ring substituents is 1. The molecule has 0 amide bonds. The first kappa shape index (κ1) is 26.8. The fourth-order valence-corrected chi connectivity index (χ4v) is 5.08. The second kappa shape index (κ2) is 11.5. The van der Waals surface area contributed by atoms with E-state index in [1.807, 2.05) is 20.8 Å². The molecule has 1 N–H and O–H groups in total. The average Bonchev–Trinajstić information content (AvgIpc) is 2.95. The SMILES string of the molecule is CC1=C(C(=O)OCC(C)C)C(c2cccc([N+](=O)[O-])c2)c2c(nc(N3CCOCC3)nc2N2CCOCC2)N1. The number of hydrogen-bond donors (Lipinski definition) is 1. The Balaban J connectivity index is 1.70. The van der Waals surface area contributed by atoms with E-state index in [1.165, 1.54) is 12.1 Å². The molecule has 2 saturated heterocycles. The summed E-state index contributed by atoms with van der Waals surface area (Å²) in [5.41, 5.74) is 2.21. The zero-order chi connectivity index (χ0) is 27.5. The molecule has 0 bridgehead atoms. The second-order valence-corrected chi connectivity index (χ2v) is 10.2. The summed E-state index contributed by atoms with van der Waals surface area (Å²) < 4.78 is 16.8. The Hall–Kier alpha value is -3.77. The number of ether oxygens (including phenoxy) is 3. The van der Waals surface area contributed by atoms with Gasteiger partial charge in [0.25, 0.3) is 5.69 Å². The molecule has 0 spiro atoms. The maximum atomic E-state index is 13.6. The third-order valence-electron chi connectivity index (χ3n) is 6.99. The molecule has 4 heterocycles. The number of rotatable bonds is 7. The minimum absolute atomic E-state index is 0.0566. The van der Waals surface area contributed by atoms with E-state index < -0.39 is 16.8 Å². The summed E-state index contributed by atoms with van der Waals surface area (Å²) in [6, 6.07) is 6.40. The quantitative estimate of drug-likeness (QED) is 0.317. The van der Waals surface area contributed by atoms with Gasteiger partial charge in [-0.1, -0.05) is 26.0 Å². The number of carbonyl (C=O) groups is 1. The van der Waals surface area contributed by atoms with E-state index in [0.29, 0.717) is 92.6 Å². The smallest absolute Gasteiger partial charge is 0.336 e. The zero-order valence-electron chi connectivity index (χ0n) is 22.5. The highest BCUT2D eigenvalue weighted by molar-refractivity contribution is 5.95. The van der Waals surface area contributed by atoms with Crippen LogP contribution >= 0.6 is 0 Å². The van der Waals surface area contributed by atoms with Gasteiger partial charge in [-0.3, -0.25) is 10.1 Å². The van der Waals surface area contributed by atoms with Gasteiger partial charge < -0.3 is 29.3 Å². The minimum Gasteiger partial charge on any atom is -0.462 e. The highest BCUT2D eigenvalue weighted by atomic mass is 16.6. The van der Waals surface area contributed by atoms with Gasteiger partial charge in [0.05, 0.1) is 49.4 Å². The van der Waals surface area contributed by atoms with Crippen LogP contribution in [0.4, 0.5) is 23.3 Å². The Bertz CT molecular complexity index is 1270. The van der Waals surface area contributed by atoms with Crippen molar-refractivity contribution in [2.75, 3.05) is 74.3 Å². The third kappa shape index (κ3) is 5.66. The molecule has 0 radical (unpaired) electrons. The molecule has 3 aliphatic rings. The number of anilines is 3. The molecule has 5 rings (SSSR count). The van der Waals surface area contributed by atoms with Crippen LogP contribution < -0.4 is 15.1 Å². The van der Waals surface area contributed by atoms with Crippen molar-refractivity contribution < 1.29 is 23.9 Å². The van der Waals surface area contributed by atoms with Gasteiger partial charge in [0.1, 0.15) is 11.6 Å². The van der Waals surface area contributed by atoms with Gasteiger partial charge in [-0.2, -0.15) is 9.97 Å². The van der Waals surface area contributed by atoms with E-state index in [2.05, 4.69) is 15.1 Å². The number of hydrogen-bond acceptors (Lipinski definition) is 11. The topological polar surface area (TPSA) is 132 Å². The summed E-state index contributed by atoms with van der Waals surface area (Å²) in [7, 11) is 0. The number of non-ortho nitro benzene ring substituents is 1. The summed E-state index contributed by atoms with van der Waals surface area (Å²) in [4.78, 5) is 39.0. The van der Waals surface area contributed by atoms with Crippen LogP contribution in [0.3, 0.4) is 0 Å². The molecule has 2 fully saturated rings. The van der Waals surface area contributed by atoms with E-state index in [-0.39, 0.29) is 18.2 Å². The lowest BCUT2D eigenvalue weighted by molar-refractivity contribution is -0.384. The number of benzene rings is 1. The number of fused-ring (bicyclic) bond motifs is 1. The first-order valence-electron chi connectivity index (χ1n) is 13.3. The summed E-state index contributed by atoms with van der Waals surface area (Å²) in [6.45, 7) is 10.8. The van der Waals surface area contributed by atoms with Crippen LogP contribution in [0.1, 0.15) is 37.8 Å². The van der Waals surface area contributed by atoms with E-state index in [4.69, 9.17) is 24.2 Å². The van der Waals surface area contributed by atoms with Crippen LogP contribution in [-0.2, 0) is 19.0 Å². The Morgan fingerprint density at radius 2 is 1.79 bits per heavy atom. The first-order valence-corrected chi connectivity index (χ1v) is 13.3. The van der Waals surface area contributed by atoms with Gasteiger partial charge >= 0.3 is 5.97 Å². The number of aromatic nitrogens is 2. The van der Waals surface area contributed by atoms with E-state index in [1.54, 1.807) is 12.1 Å². The average molecular weight is 539 g/mol. The highest BCUT2D eigenvalue weighted by Crippen LogP contribution is 2.46. The van der Waals surface area contributed by atoms with Crippen LogP contribution in [0.5, 0.6) is 0 Å². The number of nitrogens with one attached hydrogen (secondary N) is 1. The second-order valence-electron chi connectivity index (χ2n) is 10.2. The van der Waals surface area contributed by atoms with Crippen molar-refractivity contribution in [3.63, 3.8) is 0 Å². The molecule has 1 atom stereocenters. The molecule has 12 heteroatoms. The molecule has 0 saturated carbocycles. The fourth-order valence-electron chi connectivity index (χ4n) is 5.08. The lowest BCUT2D eigenvalue weighted by Crippen LogP contribution is -2.41. The van der Waals surface area contributed by atoms with Crippen molar-refractivity contribution in [1.29, 1.82) is 0 Å². The summed E-state index contributed by atoms with van der Waals surface area (Å²) in [6.07, 6.45) is 0. The monoisotopic (exact) mass is 538 g/mol. The number of allylic oxidation sites excluding steroid dienone is 1. The van der Waals surface area contributed by atoms with Gasteiger partial charge in [0.15, 0.2) is 0 Å². The summed E-state index contributed by atoms with van der Waals surface area (Å²) in [5.74, 6) is 0.831. The van der Waals surface area contributed by atoms with Crippen molar-refractivity contribution >= 4 is 29.2 Å². The van der Waals surface area contributed by atoms with Gasteiger partial charge in [-0.25, -0.2) is 4.79 Å². The number of carbonyl (C=O) groups excluding carboxylic acids is 1. The Labute approximate surface area is 227 Å². The number of nitrogens with zero attached hydrogens (tertiary/aromatic N) is 5. The molecular formula is C27H34N6O6. The molecule has 1 unspecified atom stereocenters. The Morgan fingerprint density at radius 1 is 1.13 bits per heavy atom. The predicted molar refractivity (Wildman–Crippen MR) is 145 cm³/mol. The molecule has 39 heavy (non-hydrogen) atoms. The fraction of sp³-hybridized carbons (Fsp3) is 0.519. The zero-order valence-corrected chi connectivity index (χ0v) is 22.5. The molecule has 2 aromatic rings. The molecule has 12 nitrogen and oxygen atoms in total. The largest absolute Gasteiger partial charge is 0.462 e. The van der Waals surface area contributed by atoms with Crippen LogP contribution in [0.25, 0.3) is 0 Å². The maximum absolute atomic E-state index is 13.6. The first-order chi connectivity index (χ1) is 18.8. The Morgan fingerprint density at radius 3 is 2.44 bits per heavy atom. The van der Waals surface area contributed by atoms with Crippen LogP contribution in [0.2, 0.25) is 0 Å². The van der Waals surface area contributed by atoms with Gasteiger partial charge in [0, 0.05) is 49.6 Å². The number of morpholine rings is 2. The van der Waals surface area contributed by atoms with Crippen LogP contribution in [0.15, 0.2) is 35.5 Å². The third-order valence-corrected chi connectivity index (χ3v) is 6.99. The molecule has 208 valence electrons. The van der Waals surface area contributed by atoms with Crippen molar-refractivity contribution in [3.05, 3.63) is 56.8 Å². The number of nitro groups is 1. The summed E-state index contributed by atoms with van der Waals surface area (Å²) in [5, 5.41) is 15.1. The highest BCUT2D eigenvalue weighted by Gasteiger charge is 2.39. The van der Waals surface area contributed by atoms with Gasteiger partial charge in [-0.15, -0.1) is 0 Å². The van der Waals surface area contributed by atoms with E-state index in [9.17, 15) is 14.9 Å². The van der Waals surface area contributed by atoms with Crippen LogP contribution in [0, 0.1) is 16.0 Å². The molecule has 1 aromatic carbocycles. The van der Waals surface area contributed by atoms with Crippen molar-refractivity contribution in [2.24, 2.45) is 5.92 Å². The molecular weight excluding hydrogens is 504 g/mol. The van der Waals surface area contributed by atoms with Gasteiger partial charge in [0.2, 0.25) is 5.95 Å². The molecule has 3 aliphatic heterocycles. The van der Waals surface area contributed by atoms with Crippen LogP contribution in [-0.4, -0.2) is 80.1 Å². The normalized spacial score (nSPS) is 19.5. The maximum Gasteiger partial charge on any atom is 0.336 e. The van der Waals surface area contributed by atoms with Crippen molar-refractivity contribution in [3.8, 4) is 0 Å².